The zero-order valence-corrected chi connectivity index (χ0v) is 8.52. The van der Waals surface area contributed by atoms with Crippen LogP contribution in [0.5, 0.6) is 0 Å². The van der Waals surface area contributed by atoms with Crippen LogP contribution in [-0.2, 0) is 4.79 Å². The second-order valence-electron chi connectivity index (χ2n) is 2.80. The first-order valence-corrected chi connectivity index (χ1v) is 5.00. The molecule has 0 aliphatic heterocycles. The molecule has 0 fully saturated rings. The van der Waals surface area contributed by atoms with Crippen molar-refractivity contribution in [1.82, 2.24) is 4.98 Å². The van der Waals surface area contributed by atoms with Crippen LogP contribution in [0.2, 0.25) is 0 Å². The quantitative estimate of drug-likeness (QED) is 0.766. The number of thiazole rings is 1. The molecule has 1 heterocycles. The Morgan fingerprint density at radius 3 is 3.00 bits per heavy atom. The standard InChI is InChI=1S/C8H13N3OS/c1-3-6(9)7(12)11-8-10-5(2)4-13-8/h4,6H,3,9H2,1-2H3,(H,10,11,12)/t6-/m1/s1. The number of aryl methyl sites for hydroxylation is 1. The highest BCUT2D eigenvalue weighted by molar-refractivity contribution is 7.13. The van der Waals surface area contributed by atoms with E-state index in [1.807, 2.05) is 19.2 Å². The maximum Gasteiger partial charge on any atom is 0.243 e. The smallest absolute Gasteiger partial charge is 0.243 e. The van der Waals surface area contributed by atoms with E-state index in [1.165, 1.54) is 11.3 Å². The average molecular weight is 199 g/mol. The molecule has 0 radical (unpaired) electrons. The second kappa shape index (κ2) is 4.34. The summed E-state index contributed by atoms with van der Waals surface area (Å²) in [5.74, 6) is -0.170. The van der Waals surface area contributed by atoms with E-state index < -0.39 is 6.04 Å². The van der Waals surface area contributed by atoms with Gasteiger partial charge in [0.1, 0.15) is 0 Å². The maximum atomic E-state index is 11.3. The van der Waals surface area contributed by atoms with Gasteiger partial charge >= 0.3 is 0 Å². The van der Waals surface area contributed by atoms with Crippen molar-refractivity contribution < 1.29 is 4.79 Å². The van der Waals surface area contributed by atoms with E-state index in [9.17, 15) is 4.79 Å². The molecule has 1 atom stereocenters. The van der Waals surface area contributed by atoms with Crippen molar-refractivity contribution in [2.75, 3.05) is 5.32 Å². The first-order chi connectivity index (χ1) is 6.13. The lowest BCUT2D eigenvalue weighted by molar-refractivity contribution is -0.117. The summed E-state index contributed by atoms with van der Waals surface area (Å²) in [6, 6.07) is -0.441. The van der Waals surface area contributed by atoms with Crippen LogP contribution in [0.3, 0.4) is 0 Å². The molecule has 0 unspecified atom stereocenters. The van der Waals surface area contributed by atoms with Gasteiger partial charge in [-0.25, -0.2) is 4.98 Å². The van der Waals surface area contributed by atoms with Gasteiger partial charge in [0.05, 0.1) is 11.7 Å². The van der Waals surface area contributed by atoms with Gasteiger partial charge in [-0.2, -0.15) is 0 Å². The Morgan fingerprint density at radius 2 is 2.54 bits per heavy atom. The molecular weight excluding hydrogens is 186 g/mol. The minimum Gasteiger partial charge on any atom is -0.320 e. The van der Waals surface area contributed by atoms with Crippen molar-refractivity contribution in [1.29, 1.82) is 0 Å². The topological polar surface area (TPSA) is 68.0 Å². The van der Waals surface area contributed by atoms with Crippen LogP contribution in [0, 0.1) is 6.92 Å². The fourth-order valence-electron chi connectivity index (χ4n) is 0.795. The van der Waals surface area contributed by atoms with E-state index >= 15 is 0 Å². The molecule has 3 N–H and O–H groups in total. The minimum atomic E-state index is -0.441. The van der Waals surface area contributed by atoms with Gasteiger partial charge in [-0.05, 0) is 13.3 Å². The number of hydrogen-bond donors (Lipinski definition) is 2. The van der Waals surface area contributed by atoms with Crippen LogP contribution in [0.1, 0.15) is 19.0 Å². The van der Waals surface area contributed by atoms with Crippen molar-refractivity contribution in [2.24, 2.45) is 5.73 Å². The van der Waals surface area contributed by atoms with Gasteiger partial charge in [0, 0.05) is 5.38 Å². The summed E-state index contributed by atoms with van der Waals surface area (Å²) in [5, 5.41) is 5.16. The van der Waals surface area contributed by atoms with Crippen molar-refractivity contribution in [3.8, 4) is 0 Å². The SMILES string of the molecule is CC[C@@H](N)C(=O)Nc1nc(C)cs1. The molecule has 0 spiro atoms. The summed E-state index contributed by atoms with van der Waals surface area (Å²) in [5.41, 5.74) is 6.44. The summed E-state index contributed by atoms with van der Waals surface area (Å²) in [6.45, 7) is 3.75. The number of carbonyl (C=O) groups is 1. The molecule has 1 aromatic rings. The van der Waals surface area contributed by atoms with Gasteiger partial charge in [0.15, 0.2) is 5.13 Å². The number of aromatic nitrogens is 1. The van der Waals surface area contributed by atoms with E-state index in [0.29, 0.717) is 11.6 Å². The predicted molar refractivity (Wildman–Crippen MR) is 53.7 cm³/mol. The molecule has 0 bridgehead atoms. The average Bonchev–Trinajstić information content (AvgIpc) is 2.49. The first-order valence-electron chi connectivity index (χ1n) is 4.12. The third kappa shape index (κ3) is 2.78. The van der Waals surface area contributed by atoms with E-state index in [-0.39, 0.29) is 5.91 Å². The normalized spacial score (nSPS) is 12.5. The third-order valence-electron chi connectivity index (χ3n) is 1.63. The zero-order valence-electron chi connectivity index (χ0n) is 7.70. The van der Waals surface area contributed by atoms with Crippen LogP contribution in [0.4, 0.5) is 5.13 Å². The molecule has 0 aromatic carbocycles. The molecule has 5 heteroatoms. The molecule has 0 aliphatic rings. The monoisotopic (exact) mass is 199 g/mol. The number of anilines is 1. The molecule has 1 aromatic heterocycles. The Kier molecular flexibility index (Phi) is 3.39. The number of nitrogens with zero attached hydrogens (tertiary/aromatic N) is 1. The number of nitrogens with two attached hydrogens (primary N) is 1. The number of hydrogen-bond acceptors (Lipinski definition) is 4. The van der Waals surface area contributed by atoms with E-state index in [4.69, 9.17) is 5.73 Å². The van der Waals surface area contributed by atoms with Crippen LogP contribution in [0.25, 0.3) is 0 Å². The molecule has 72 valence electrons. The Labute approximate surface area is 81.2 Å². The highest BCUT2D eigenvalue weighted by Crippen LogP contribution is 2.14. The summed E-state index contributed by atoms with van der Waals surface area (Å²) >= 11 is 1.41. The zero-order chi connectivity index (χ0) is 9.84. The van der Waals surface area contributed by atoms with Crippen LogP contribution in [-0.4, -0.2) is 16.9 Å². The number of amides is 1. The van der Waals surface area contributed by atoms with E-state index in [1.54, 1.807) is 0 Å². The minimum absolute atomic E-state index is 0.170. The third-order valence-corrected chi connectivity index (χ3v) is 2.50. The summed E-state index contributed by atoms with van der Waals surface area (Å²) in [4.78, 5) is 15.4. The fraction of sp³-hybridized carbons (Fsp3) is 0.500. The number of rotatable bonds is 3. The van der Waals surface area contributed by atoms with Gasteiger partial charge in [-0.3, -0.25) is 4.79 Å². The van der Waals surface area contributed by atoms with Crippen molar-refractivity contribution in [2.45, 2.75) is 26.3 Å². The Balaban J connectivity index is 2.54. The molecule has 0 saturated heterocycles. The highest BCUT2D eigenvalue weighted by Gasteiger charge is 2.11. The predicted octanol–water partition coefficient (Wildman–Crippen LogP) is 1.13. The lowest BCUT2D eigenvalue weighted by Gasteiger charge is -2.06. The van der Waals surface area contributed by atoms with Crippen molar-refractivity contribution >= 4 is 22.4 Å². The molecule has 13 heavy (non-hydrogen) atoms. The maximum absolute atomic E-state index is 11.3. The molecule has 1 rings (SSSR count). The lowest BCUT2D eigenvalue weighted by atomic mass is 10.2. The van der Waals surface area contributed by atoms with Gasteiger partial charge in [0.25, 0.3) is 0 Å². The molecule has 1 amide bonds. The van der Waals surface area contributed by atoms with E-state index in [0.717, 1.165) is 5.69 Å². The lowest BCUT2D eigenvalue weighted by Crippen LogP contribution is -2.34. The van der Waals surface area contributed by atoms with Crippen LogP contribution < -0.4 is 11.1 Å². The van der Waals surface area contributed by atoms with Crippen molar-refractivity contribution in [3.05, 3.63) is 11.1 Å². The molecule has 0 aliphatic carbocycles. The Morgan fingerprint density at radius 1 is 1.85 bits per heavy atom. The fourth-order valence-corrected chi connectivity index (χ4v) is 1.49. The molecule has 4 nitrogen and oxygen atoms in total. The van der Waals surface area contributed by atoms with Gasteiger partial charge < -0.3 is 11.1 Å². The largest absolute Gasteiger partial charge is 0.320 e. The molecule has 0 saturated carbocycles. The van der Waals surface area contributed by atoms with Crippen molar-refractivity contribution in [3.63, 3.8) is 0 Å². The van der Waals surface area contributed by atoms with Gasteiger partial charge in [-0.15, -0.1) is 11.3 Å². The Bertz CT molecular complexity index is 297. The molecular formula is C8H13N3OS. The second-order valence-corrected chi connectivity index (χ2v) is 3.66. The van der Waals surface area contributed by atoms with Crippen LogP contribution in [0.15, 0.2) is 5.38 Å². The van der Waals surface area contributed by atoms with Gasteiger partial charge in [-0.1, -0.05) is 6.92 Å². The summed E-state index contributed by atoms with van der Waals surface area (Å²) in [7, 11) is 0. The summed E-state index contributed by atoms with van der Waals surface area (Å²) in [6.07, 6.45) is 0.635. The van der Waals surface area contributed by atoms with E-state index in [2.05, 4.69) is 10.3 Å². The first kappa shape index (κ1) is 10.1. The van der Waals surface area contributed by atoms with Gasteiger partial charge in [0.2, 0.25) is 5.91 Å². The highest BCUT2D eigenvalue weighted by atomic mass is 32.1. The Hall–Kier alpha value is -0.940. The summed E-state index contributed by atoms with van der Waals surface area (Å²) < 4.78 is 0. The number of nitrogens with one attached hydrogen (secondary N) is 1. The van der Waals surface area contributed by atoms with Crippen LogP contribution >= 0.6 is 11.3 Å². The number of carbonyl (C=O) groups excluding carboxylic acids is 1.